The second kappa shape index (κ2) is 12.1. The molecule has 182 valence electrons. The summed E-state index contributed by atoms with van der Waals surface area (Å²) in [6, 6.07) is 12.3. The van der Waals surface area contributed by atoms with Crippen molar-refractivity contribution in [3.05, 3.63) is 88.0 Å². The average molecular weight is 494 g/mol. The van der Waals surface area contributed by atoms with E-state index < -0.39 is 11.9 Å². The van der Waals surface area contributed by atoms with E-state index in [0.717, 1.165) is 17.3 Å². The maximum absolute atomic E-state index is 12.8. The Morgan fingerprint density at radius 1 is 1.09 bits per heavy atom. The summed E-state index contributed by atoms with van der Waals surface area (Å²) in [5, 5.41) is 11.0. The van der Waals surface area contributed by atoms with Crippen molar-refractivity contribution in [2.45, 2.75) is 20.8 Å². The van der Waals surface area contributed by atoms with Gasteiger partial charge in [0.05, 0.1) is 18.1 Å². The van der Waals surface area contributed by atoms with Gasteiger partial charge in [-0.05, 0) is 56.2 Å². The minimum Gasteiger partial charge on any atom is -0.506 e. The molecule has 0 aromatic heterocycles. The molecule has 0 unspecified atom stereocenters. The number of aliphatic hydroxyl groups is 1. The molecule has 0 fully saturated rings. The van der Waals surface area contributed by atoms with Crippen LogP contribution in [-0.4, -0.2) is 41.8 Å². The highest BCUT2D eigenvalue weighted by atomic mass is 32.2. The third-order valence-electron chi connectivity index (χ3n) is 4.87. The monoisotopic (exact) mass is 493 g/mol. The molecule has 1 N–H and O–H groups in total. The molecule has 0 spiro atoms. The average Bonchev–Trinajstić information content (AvgIpc) is 3.13. The smallest absolute Gasteiger partial charge is 0.344 e. The van der Waals surface area contributed by atoms with Crippen LogP contribution in [-0.2, 0) is 9.53 Å². The third kappa shape index (κ3) is 6.22. The quantitative estimate of drug-likeness (QED) is 0.356. The van der Waals surface area contributed by atoms with Gasteiger partial charge < -0.3 is 19.3 Å². The Balaban J connectivity index is 2.01. The topological polar surface area (TPSA) is 94.4 Å². The van der Waals surface area contributed by atoms with E-state index in [0.29, 0.717) is 40.7 Å². The van der Waals surface area contributed by atoms with Crippen LogP contribution in [0.2, 0.25) is 0 Å². The van der Waals surface area contributed by atoms with E-state index in [9.17, 15) is 14.7 Å². The molecule has 1 aliphatic rings. The number of benzene rings is 2. The van der Waals surface area contributed by atoms with Crippen LogP contribution in [0.25, 0.3) is 6.08 Å². The lowest BCUT2D eigenvalue weighted by Gasteiger charge is -2.11. The van der Waals surface area contributed by atoms with Gasteiger partial charge in [-0.2, -0.15) is 0 Å². The van der Waals surface area contributed by atoms with Crippen molar-refractivity contribution in [1.29, 1.82) is 0 Å². The van der Waals surface area contributed by atoms with E-state index in [1.165, 1.54) is 0 Å². The predicted molar refractivity (Wildman–Crippen MR) is 138 cm³/mol. The van der Waals surface area contributed by atoms with Crippen LogP contribution in [0.5, 0.6) is 11.5 Å². The maximum Gasteiger partial charge on any atom is 0.344 e. The molecule has 0 radical (unpaired) electrons. The van der Waals surface area contributed by atoms with Crippen molar-refractivity contribution in [2.24, 2.45) is 4.99 Å². The summed E-state index contributed by atoms with van der Waals surface area (Å²) in [5.41, 5.74) is 1.73. The van der Waals surface area contributed by atoms with Crippen LogP contribution in [0.4, 0.5) is 0 Å². The van der Waals surface area contributed by atoms with Crippen LogP contribution >= 0.6 is 11.8 Å². The molecule has 3 rings (SSSR count). The van der Waals surface area contributed by atoms with E-state index in [2.05, 4.69) is 11.6 Å². The van der Waals surface area contributed by atoms with Crippen molar-refractivity contribution in [3.63, 3.8) is 0 Å². The molecular formula is C27H27NO6S. The zero-order valence-electron chi connectivity index (χ0n) is 19.9. The zero-order valence-corrected chi connectivity index (χ0v) is 20.7. The fourth-order valence-corrected chi connectivity index (χ4v) is 4.27. The minimum absolute atomic E-state index is 0.0800. The number of rotatable bonds is 9. The van der Waals surface area contributed by atoms with Crippen LogP contribution in [0.15, 0.2) is 76.3 Å². The third-order valence-corrected chi connectivity index (χ3v) is 5.89. The second-order valence-electron chi connectivity index (χ2n) is 7.33. The summed E-state index contributed by atoms with van der Waals surface area (Å²) in [6.45, 7) is 9.86. The number of hydrogen-bond donors (Lipinski definition) is 1. The first-order valence-electron chi connectivity index (χ1n) is 11.1. The number of aliphatic imine (C=N–C) groups is 1. The molecule has 2 aromatic carbocycles. The molecule has 0 atom stereocenters. The van der Waals surface area contributed by atoms with Crippen molar-refractivity contribution in [1.82, 2.24) is 0 Å². The summed E-state index contributed by atoms with van der Waals surface area (Å²) in [7, 11) is 0. The predicted octanol–water partition coefficient (Wildman–Crippen LogP) is 5.66. The van der Waals surface area contributed by atoms with Gasteiger partial charge in [-0.15, -0.1) is 0 Å². The van der Waals surface area contributed by atoms with Crippen molar-refractivity contribution < 1.29 is 28.9 Å². The van der Waals surface area contributed by atoms with Gasteiger partial charge in [-0.25, -0.2) is 9.79 Å². The first kappa shape index (κ1) is 25.8. The number of aliphatic hydroxyl groups excluding tert-OH is 1. The Morgan fingerprint density at radius 3 is 2.54 bits per heavy atom. The standard InChI is InChI=1S/C27H27NO6S/c1-5-14-34-20-13-12-18(15-21(20)32-6-2)16-22-24(29)23(27(31)33-7-3)26(35-22)28-25(30)19-11-9-8-10-17(19)4/h5,8-13,15-16,29H,1,6-7,14H2,2-4H3/b22-16-,28-26?. The SMILES string of the molecule is C=CCOc1ccc(/C=C2\SC(=NC(=O)c3ccccc3C)C(C(=O)OCC)=C2O)cc1OCC. The summed E-state index contributed by atoms with van der Waals surface area (Å²) < 4.78 is 16.4. The Bertz CT molecular complexity index is 1230. The summed E-state index contributed by atoms with van der Waals surface area (Å²) in [4.78, 5) is 30.0. The van der Waals surface area contributed by atoms with Gasteiger partial charge in [0.1, 0.15) is 23.0 Å². The minimum atomic E-state index is -0.750. The van der Waals surface area contributed by atoms with Gasteiger partial charge in [0.25, 0.3) is 5.91 Å². The van der Waals surface area contributed by atoms with Crippen LogP contribution in [0.1, 0.15) is 35.3 Å². The Hall–Kier alpha value is -3.78. The number of hydrogen-bond acceptors (Lipinski definition) is 7. The Labute approximate surface area is 208 Å². The Kier molecular flexibility index (Phi) is 8.92. The number of amides is 1. The summed E-state index contributed by atoms with van der Waals surface area (Å²) in [6.07, 6.45) is 3.32. The normalized spacial score (nSPS) is 15.4. The molecule has 1 amide bonds. The molecule has 0 saturated heterocycles. The van der Waals surface area contributed by atoms with Gasteiger partial charge in [-0.1, -0.05) is 48.7 Å². The van der Waals surface area contributed by atoms with Crippen molar-refractivity contribution >= 4 is 34.8 Å². The molecule has 1 heterocycles. The van der Waals surface area contributed by atoms with E-state index in [1.807, 2.05) is 13.0 Å². The highest BCUT2D eigenvalue weighted by Crippen LogP contribution is 2.40. The number of aryl methyl sites for hydroxylation is 1. The van der Waals surface area contributed by atoms with Crippen LogP contribution in [0.3, 0.4) is 0 Å². The lowest BCUT2D eigenvalue weighted by molar-refractivity contribution is -0.138. The molecule has 1 aliphatic heterocycles. The number of carbonyl (C=O) groups is 2. The largest absolute Gasteiger partial charge is 0.506 e. The Morgan fingerprint density at radius 2 is 1.86 bits per heavy atom. The molecule has 2 aromatic rings. The van der Waals surface area contributed by atoms with E-state index in [-0.39, 0.29) is 23.0 Å². The fraction of sp³-hybridized carbons (Fsp3) is 0.222. The van der Waals surface area contributed by atoms with E-state index in [1.54, 1.807) is 62.4 Å². The number of carbonyl (C=O) groups excluding carboxylic acids is 2. The molecule has 7 nitrogen and oxygen atoms in total. The van der Waals surface area contributed by atoms with Crippen LogP contribution < -0.4 is 9.47 Å². The molecular weight excluding hydrogens is 466 g/mol. The summed E-state index contributed by atoms with van der Waals surface area (Å²) in [5.74, 6) is -0.464. The number of esters is 1. The van der Waals surface area contributed by atoms with Gasteiger partial charge in [0.15, 0.2) is 11.5 Å². The lowest BCUT2D eigenvalue weighted by Crippen LogP contribution is -2.14. The van der Waals surface area contributed by atoms with E-state index in [4.69, 9.17) is 14.2 Å². The van der Waals surface area contributed by atoms with Gasteiger partial charge in [0.2, 0.25) is 0 Å². The lowest BCUT2D eigenvalue weighted by atomic mass is 10.1. The molecule has 35 heavy (non-hydrogen) atoms. The first-order valence-corrected chi connectivity index (χ1v) is 11.9. The number of thioether (sulfide) groups is 1. The van der Waals surface area contributed by atoms with Gasteiger partial charge in [-0.3, -0.25) is 4.79 Å². The maximum atomic E-state index is 12.8. The van der Waals surface area contributed by atoms with Crippen molar-refractivity contribution in [2.75, 3.05) is 19.8 Å². The number of ether oxygens (including phenoxy) is 3. The van der Waals surface area contributed by atoms with Crippen molar-refractivity contribution in [3.8, 4) is 11.5 Å². The highest BCUT2D eigenvalue weighted by molar-refractivity contribution is 8.18. The van der Waals surface area contributed by atoms with Gasteiger partial charge >= 0.3 is 5.97 Å². The van der Waals surface area contributed by atoms with Crippen LogP contribution in [0, 0.1) is 6.92 Å². The zero-order chi connectivity index (χ0) is 25.4. The molecule has 8 heteroatoms. The highest BCUT2D eigenvalue weighted by Gasteiger charge is 2.34. The summed E-state index contributed by atoms with van der Waals surface area (Å²) >= 11 is 1.02. The van der Waals surface area contributed by atoms with E-state index >= 15 is 0 Å². The number of nitrogens with zero attached hydrogens (tertiary/aromatic N) is 1. The first-order chi connectivity index (χ1) is 16.9. The fourth-order valence-electron chi connectivity index (χ4n) is 3.26. The van der Waals surface area contributed by atoms with Gasteiger partial charge in [0, 0.05) is 5.56 Å². The molecule has 0 saturated carbocycles. The molecule has 0 bridgehead atoms. The molecule has 0 aliphatic carbocycles. The second-order valence-corrected chi connectivity index (χ2v) is 8.36.